The summed E-state index contributed by atoms with van der Waals surface area (Å²) in [5.41, 5.74) is 0.474. The summed E-state index contributed by atoms with van der Waals surface area (Å²) in [6.45, 7) is 0.556. The van der Waals surface area contributed by atoms with E-state index in [1.807, 2.05) is 0 Å². The Morgan fingerprint density at radius 3 is 2.69 bits per heavy atom. The Labute approximate surface area is 193 Å². The van der Waals surface area contributed by atoms with Crippen LogP contribution in [0, 0.1) is 0 Å². The SMILES string of the molecule is O=C(OCc1nc(-c2cccnc2)no1)c1cc(S(=O)(=O)N2CCOCC2)c(Cl)cc1Cl. The molecule has 0 atom stereocenters. The summed E-state index contributed by atoms with van der Waals surface area (Å²) >= 11 is 12.3. The molecule has 32 heavy (non-hydrogen) atoms. The minimum absolute atomic E-state index is 0.0449. The van der Waals surface area contributed by atoms with E-state index in [9.17, 15) is 13.2 Å². The fourth-order valence-electron chi connectivity index (χ4n) is 2.94. The third kappa shape index (κ3) is 4.76. The Kier molecular flexibility index (Phi) is 6.72. The molecule has 3 heterocycles. The smallest absolute Gasteiger partial charge is 0.340 e. The minimum atomic E-state index is -3.95. The van der Waals surface area contributed by atoms with Gasteiger partial charge in [-0.25, -0.2) is 13.2 Å². The second kappa shape index (κ2) is 9.51. The fraction of sp³-hybridized carbons (Fsp3) is 0.263. The predicted octanol–water partition coefficient (Wildman–Crippen LogP) is 2.82. The van der Waals surface area contributed by atoms with Gasteiger partial charge in [0, 0.05) is 31.0 Å². The first kappa shape index (κ1) is 22.6. The average Bonchev–Trinajstić information content (AvgIpc) is 3.28. The molecule has 1 saturated heterocycles. The number of ether oxygens (including phenoxy) is 2. The maximum atomic E-state index is 13.0. The van der Waals surface area contributed by atoms with Gasteiger partial charge in [-0.3, -0.25) is 4.98 Å². The Bertz CT molecular complexity index is 1230. The number of pyridine rings is 1. The molecule has 4 rings (SSSR count). The largest absolute Gasteiger partial charge is 0.452 e. The van der Waals surface area contributed by atoms with E-state index < -0.39 is 16.0 Å². The Hall–Kier alpha value is -2.57. The van der Waals surface area contributed by atoms with Crippen molar-refractivity contribution < 1.29 is 27.2 Å². The third-order valence-corrected chi connectivity index (χ3v) is 7.22. The number of hydrogen-bond acceptors (Lipinski definition) is 9. The normalized spacial score (nSPS) is 14.9. The van der Waals surface area contributed by atoms with Crippen molar-refractivity contribution >= 4 is 39.2 Å². The standard InChI is InChI=1S/C19H16Cl2N4O6S/c20-14-9-15(21)16(32(27,28)25-4-6-29-7-5-25)8-13(14)19(26)30-11-17-23-18(24-31-17)12-2-1-3-22-10-12/h1-3,8-10H,4-7,11H2. The number of rotatable bonds is 6. The molecule has 0 N–H and O–H groups in total. The van der Waals surface area contributed by atoms with Crippen LogP contribution in [0.1, 0.15) is 16.2 Å². The van der Waals surface area contributed by atoms with Crippen molar-refractivity contribution in [3.8, 4) is 11.4 Å². The summed E-state index contributed by atoms with van der Waals surface area (Å²) in [5, 5.41) is 3.65. The van der Waals surface area contributed by atoms with E-state index in [-0.39, 0.29) is 65.1 Å². The molecular formula is C19H16Cl2N4O6S. The third-order valence-electron chi connectivity index (χ3n) is 4.54. The Morgan fingerprint density at radius 2 is 1.97 bits per heavy atom. The minimum Gasteiger partial charge on any atom is -0.452 e. The van der Waals surface area contributed by atoms with Gasteiger partial charge >= 0.3 is 5.97 Å². The van der Waals surface area contributed by atoms with E-state index in [1.165, 1.54) is 10.4 Å². The second-order valence-electron chi connectivity index (χ2n) is 6.61. The number of hydrogen-bond donors (Lipinski definition) is 0. The van der Waals surface area contributed by atoms with E-state index in [0.717, 1.165) is 6.07 Å². The van der Waals surface area contributed by atoms with Crippen LogP contribution in [0.3, 0.4) is 0 Å². The highest BCUT2D eigenvalue weighted by atomic mass is 35.5. The molecule has 0 unspecified atom stereocenters. The van der Waals surface area contributed by atoms with Crippen molar-refractivity contribution in [2.24, 2.45) is 0 Å². The molecule has 3 aromatic rings. The number of halogens is 2. The van der Waals surface area contributed by atoms with Crippen LogP contribution in [-0.2, 0) is 26.1 Å². The molecule has 1 aliphatic heterocycles. The molecule has 10 nitrogen and oxygen atoms in total. The average molecular weight is 499 g/mol. The van der Waals surface area contributed by atoms with Gasteiger partial charge < -0.3 is 14.0 Å². The van der Waals surface area contributed by atoms with Crippen LogP contribution in [0.25, 0.3) is 11.4 Å². The summed E-state index contributed by atoms with van der Waals surface area (Å²) in [7, 11) is -3.95. The van der Waals surface area contributed by atoms with Gasteiger partial charge in [0.05, 0.1) is 28.8 Å². The number of nitrogens with zero attached hydrogens (tertiary/aromatic N) is 4. The van der Waals surface area contributed by atoms with Gasteiger partial charge in [0.1, 0.15) is 4.90 Å². The van der Waals surface area contributed by atoms with E-state index in [4.69, 9.17) is 37.2 Å². The first-order valence-corrected chi connectivity index (χ1v) is 11.5. The maximum absolute atomic E-state index is 13.0. The van der Waals surface area contributed by atoms with E-state index in [1.54, 1.807) is 24.5 Å². The number of benzene rings is 1. The van der Waals surface area contributed by atoms with Gasteiger partial charge in [-0.1, -0.05) is 28.4 Å². The first-order valence-electron chi connectivity index (χ1n) is 9.33. The molecular weight excluding hydrogens is 483 g/mol. The summed E-state index contributed by atoms with van der Waals surface area (Å²) in [4.78, 5) is 20.5. The number of carbonyl (C=O) groups excluding carboxylic acids is 1. The second-order valence-corrected chi connectivity index (χ2v) is 9.33. The molecule has 1 aromatic carbocycles. The van der Waals surface area contributed by atoms with Crippen LogP contribution in [0.4, 0.5) is 0 Å². The summed E-state index contributed by atoms with van der Waals surface area (Å²) < 4.78 is 42.6. The molecule has 0 saturated carbocycles. The lowest BCUT2D eigenvalue weighted by Crippen LogP contribution is -2.40. The zero-order valence-electron chi connectivity index (χ0n) is 16.4. The molecule has 13 heteroatoms. The maximum Gasteiger partial charge on any atom is 0.340 e. The quantitative estimate of drug-likeness (QED) is 0.471. The molecule has 1 aliphatic rings. The lowest BCUT2D eigenvalue weighted by atomic mass is 10.2. The monoisotopic (exact) mass is 498 g/mol. The first-order chi connectivity index (χ1) is 15.4. The number of sulfonamides is 1. The van der Waals surface area contributed by atoms with Crippen molar-refractivity contribution in [1.82, 2.24) is 19.4 Å². The molecule has 0 bridgehead atoms. The molecule has 2 aromatic heterocycles. The van der Waals surface area contributed by atoms with Crippen molar-refractivity contribution in [1.29, 1.82) is 0 Å². The summed E-state index contributed by atoms with van der Waals surface area (Å²) in [5.74, 6) is -0.540. The van der Waals surface area contributed by atoms with Crippen LogP contribution in [-0.4, -0.2) is 60.1 Å². The molecule has 1 fully saturated rings. The lowest BCUT2D eigenvalue weighted by Gasteiger charge is -2.26. The van der Waals surface area contributed by atoms with E-state index in [2.05, 4.69) is 15.1 Å². The molecule has 0 aliphatic carbocycles. The predicted molar refractivity (Wildman–Crippen MR) is 113 cm³/mol. The number of aromatic nitrogens is 3. The van der Waals surface area contributed by atoms with Crippen LogP contribution in [0.5, 0.6) is 0 Å². The Balaban J connectivity index is 1.51. The van der Waals surface area contributed by atoms with Gasteiger partial charge in [-0.05, 0) is 24.3 Å². The van der Waals surface area contributed by atoms with E-state index >= 15 is 0 Å². The highest BCUT2D eigenvalue weighted by molar-refractivity contribution is 7.89. The molecule has 0 amide bonds. The topological polar surface area (TPSA) is 125 Å². The molecule has 0 radical (unpaired) electrons. The zero-order chi connectivity index (χ0) is 22.7. The van der Waals surface area contributed by atoms with E-state index in [0.29, 0.717) is 5.56 Å². The van der Waals surface area contributed by atoms with Gasteiger partial charge in [0.2, 0.25) is 15.8 Å². The number of morpholine rings is 1. The zero-order valence-corrected chi connectivity index (χ0v) is 18.7. The molecule has 0 spiro atoms. The van der Waals surface area contributed by atoms with Crippen molar-refractivity contribution in [2.45, 2.75) is 11.5 Å². The van der Waals surface area contributed by atoms with Crippen molar-refractivity contribution in [2.75, 3.05) is 26.3 Å². The van der Waals surface area contributed by atoms with Gasteiger partial charge in [0.15, 0.2) is 6.61 Å². The van der Waals surface area contributed by atoms with Gasteiger partial charge in [0.25, 0.3) is 5.89 Å². The lowest BCUT2D eigenvalue weighted by molar-refractivity contribution is 0.0429. The highest BCUT2D eigenvalue weighted by Crippen LogP contribution is 2.31. The number of carbonyl (C=O) groups is 1. The van der Waals surface area contributed by atoms with Gasteiger partial charge in [-0.15, -0.1) is 0 Å². The summed E-state index contributed by atoms with van der Waals surface area (Å²) in [6, 6.07) is 5.76. The highest BCUT2D eigenvalue weighted by Gasteiger charge is 2.30. The summed E-state index contributed by atoms with van der Waals surface area (Å²) in [6.07, 6.45) is 3.17. The van der Waals surface area contributed by atoms with Crippen LogP contribution < -0.4 is 0 Å². The van der Waals surface area contributed by atoms with Crippen LogP contribution in [0.2, 0.25) is 10.0 Å². The number of esters is 1. The Morgan fingerprint density at radius 1 is 1.19 bits per heavy atom. The molecule has 168 valence electrons. The fourth-order valence-corrected chi connectivity index (χ4v) is 5.17. The van der Waals surface area contributed by atoms with Crippen LogP contribution >= 0.6 is 23.2 Å². The van der Waals surface area contributed by atoms with Crippen molar-refractivity contribution in [3.63, 3.8) is 0 Å². The van der Waals surface area contributed by atoms with Crippen molar-refractivity contribution in [3.05, 3.63) is 58.2 Å². The van der Waals surface area contributed by atoms with Crippen LogP contribution in [0.15, 0.2) is 46.1 Å². The van der Waals surface area contributed by atoms with Gasteiger partial charge in [-0.2, -0.15) is 9.29 Å².